The maximum Gasteiger partial charge on any atom is 0.270 e. The monoisotopic (exact) mass is 405 g/mol. The van der Waals surface area contributed by atoms with Crippen LogP contribution in [-0.2, 0) is 0 Å². The van der Waals surface area contributed by atoms with E-state index in [1.54, 1.807) is 41.7 Å². The fraction of sp³-hybridized carbons (Fsp3) is 0. The lowest BCUT2D eigenvalue weighted by Gasteiger charge is -1.97. The highest BCUT2D eigenvalue weighted by molar-refractivity contribution is 7.14. The molecule has 4 aromatic rings. The van der Waals surface area contributed by atoms with E-state index in [0.717, 1.165) is 10.6 Å². The van der Waals surface area contributed by atoms with Gasteiger partial charge < -0.3 is 4.42 Å². The number of nitro benzene ring substituents is 1. The Bertz CT molecular complexity index is 1210. The average molecular weight is 405 g/mol. The first-order chi connectivity index (χ1) is 13.6. The van der Waals surface area contributed by atoms with Crippen LogP contribution in [0.5, 0.6) is 0 Å². The maximum absolute atomic E-state index is 10.9. The molecule has 4 rings (SSSR count). The first-order valence-corrected chi connectivity index (χ1v) is 9.86. The molecule has 0 saturated heterocycles. The molecule has 0 saturated carbocycles. The topological polar surface area (TPSA) is 93.0 Å². The molecule has 1 aromatic carbocycles. The minimum absolute atomic E-state index is 0.00685. The van der Waals surface area contributed by atoms with Crippen LogP contribution >= 0.6 is 22.7 Å². The second-order valence-corrected chi connectivity index (χ2v) is 7.50. The van der Waals surface area contributed by atoms with Crippen LogP contribution in [0.3, 0.4) is 0 Å². The van der Waals surface area contributed by atoms with Crippen molar-refractivity contribution in [1.29, 1.82) is 5.26 Å². The predicted molar refractivity (Wildman–Crippen MR) is 110 cm³/mol. The molecule has 0 amide bonds. The molecule has 0 N–H and O–H groups in total. The van der Waals surface area contributed by atoms with Crippen LogP contribution in [0, 0.1) is 21.4 Å². The fourth-order valence-corrected chi connectivity index (χ4v) is 4.12. The van der Waals surface area contributed by atoms with Crippen LogP contribution in [0.1, 0.15) is 10.8 Å². The highest BCUT2D eigenvalue weighted by atomic mass is 32.1. The Morgan fingerprint density at radius 3 is 2.86 bits per heavy atom. The van der Waals surface area contributed by atoms with Crippen molar-refractivity contribution in [3.8, 4) is 28.0 Å². The molecular weight excluding hydrogens is 394 g/mol. The number of nitrogens with zero attached hydrogens (tertiary/aromatic N) is 3. The number of non-ortho nitro benzene ring substituents is 1. The molecule has 0 spiro atoms. The van der Waals surface area contributed by atoms with E-state index >= 15 is 0 Å². The average Bonchev–Trinajstić information content (AvgIpc) is 3.47. The number of hydrogen-bond donors (Lipinski definition) is 0. The van der Waals surface area contributed by atoms with Crippen LogP contribution in [0.4, 0.5) is 5.69 Å². The fourth-order valence-electron chi connectivity index (χ4n) is 2.58. The van der Waals surface area contributed by atoms with Crippen molar-refractivity contribution in [1.82, 2.24) is 4.98 Å². The van der Waals surface area contributed by atoms with E-state index in [2.05, 4.69) is 11.1 Å². The summed E-state index contributed by atoms with van der Waals surface area (Å²) in [4.78, 5) is 16.1. The van der Waals surface area contributed by atoms with Gasteiger partial charge in [-0.3, -0.25) is 10.1 Å². The zero-order chi connectivity index (χ0) is 19.5. The third-order valence-electron chi connectivity index (χ3n) is 3.88. The molecule has 6 nitrogen and oxygen atoms in total. The third-order valence-corrected chi connectivity index (χ3v) is 5.65. The molecule has 3 heterocycles. The summed E-state index contributed by atoms with van der Waals surface area (Å²) >= 11 is 2.99. The number of benzene rings is 1. The van der Waals surface area contributed by atoms with E-state index < -0.39 is 4.92 Å². The number of allylic oxidation sites excluding steroid dienone is 1. The summed E-state index contributed by atoms with van der Waals surface area (Å²) in [7, 11) is 0. The molecule has 136 valence electrons. The largest absolute Gasteiger partial charge is 0.457 e. The lowest BCUT2D eigenvalue weighted by atomic mass is 10.1. The highest BCUT2D eigenvalue weighted by Gasteiger charge is 2.12. The summed E-state index contributed by atoms with van der Waals surface area (Å²) in [5.41, 5.74) is 1.83. The van der Waals surface area contributed by atoms with Crippen LogP contribution in [0.25, 0.3) is 33.5 Å². The highest BCUT2D eigenvalue weighted by Crippen LogP contribution is 2.31. The first-order valence-electron chi connectivity index (χ1n) is 8.10. The Hall–Kier alpha value is -3.54. The molecule has 3 aromatic heterocycles. The Labute approximate surface area is 167 Å². The Balaban J connectivity index is 1.63. The lowest BCUT2D eigenvalue weighted by Crippen LogP contribution is -1.87. The maximum atomic E-state index is 10.9. The SMILES string of the molecule is N#C/C(=C\c1ccc(-c2cccc([N+](=O)[O-])c2)o1)c1nc(-c2cccs2)cs1. The summed E-state index contributed by atoms with van der Waals surface area (Å²) in [6.45, 7) is 0. The van der Waals surface area contributed by atoms with Gasteiger partial charge in [0.1, 0.15) is 22.6 Å². The van der Waals surface area contributed by atoms with Gasteiger partial charge in [0, 0.05) is 29.2 Å². The van der Waals surface area contributed by atoms with Gasteiger partial charge in [0.15, 0.2) is 0 Å². The summed E-state index contributed by atoms with van der Waals surface area (Å²) in [6.07, 6.45) is 1.62. The van der Waals surface area contributed by atoms with Crippen molar-refractivity contribution in [2.75, 3.05) is 0 Å². The van der Waals surface area contributed by atoms with Crippen LogP contribution in [0.15, 0.2) is 63.7 Å². The van der Waals surface area contributed by atoms with Gasteiger partial charge in [-0.1, -0.05) is 18.2 Å². The Morgan fingerprint density at radius 1 is 1.21 bits per heavy atom. The Morgan fingerprint density at radius 2 is 2.11 bits per heavy atom. The second kappa shape index (κ2) is 7.60. The molecule has 28 heavy (non-hydrogen) atoms. The number of nitriles is 1. The first kappa shape index (κ1) is 17.9. The number of rotatable bonds is 5. The number of thiazole rings is 1. The third kappa shape index (κ3) is 3.62. The lowest BCUT2D eigenvalue weighted by molar-refractivity contribution is -0.384. The molecule has 0 bridgehead atoms. The van der Waals surface area contributed by atoms with Crippen molar-refractivity contribution in [3.63, 3.8) is 0 Å². The summed E-state index contributed by atoms with van der Waals surface area (Å²) < 4.78 is 5.77. The summed E-state index contributed by atoms with van der Waals surface area (Å²) in [6, 6.07) is 15.8. The molecule has 0 atom stereocenters. The van der Waals surface area contributed by atoms with Gasteiger partial charge >= 0.3 is 0 Å². The summed E-state index contributed by atoms with van der Waals surface area (Å²) in [5.74, 6) is 0.969. The van der Waals surface area contributed by atoms with E-state index in [9.17, 15) is 15.4 Å². The van der Waals surface area contributed by atoms with Crippen molar-refractivity contribution in [2.45, 2.75) is 0 Å². The van der Waals surface area contributed by atoms with Gasteiger partial charge in [-0.15, -0.1) is 22.7 Å². The van der Waals surface area contributed by atoms with E-state index in [4.69, 9.17) is 4.42 Å². The van der Waals surface area contributed by atoms with Gasteiger partial charge in [0.25, 0.3) is 5.69 Å². The summed E-state index contributed by atoms with van der Waals surface area (Å²) in [5, 5.41) is 25.0. The molecule has 0 aliphatic heterocycles. The van der Waals surface area contributed by atoms with E-state index in [-0.39, 0.29) is 5.69 Å². The molecule has 0 fully saturated rings. The number of hydrogen-bond acceptors (Lipinski definition) is 7. The van der Waals surface area contributed by atoms with Gasteiger partial charge in [-0.2, -0.15) is 5.26 Å². The van der Waals surface area contributed by atoms with Gasteiger partial charge in [-0.05, 0) is 23.6 Å². The minimum Gasteiger partial charge on any atom is -0.457 e. The van der Waals surface area contributed by atoms with E-state index in [1.165, 1.54) is 23.5 Å². The van der Waals surface area contributed by atoms with E-state index in [1.807, 2.05) is 22.9 Å². The second-order valence-electron chi connectivity index (χ2n) is 5.69. The van der Waals surface area contributed by atoms with Crippen LogP contribution < -0.4 is 0 Å². The number of thiophene rings is 1. The normalized spacial score (nSPS) is 11.3. The molecule has 0 unspecified atom stereocenters. The zero-order valence-corrected chi connectivity index (χ0v) is 15.9. The number of nitro groups is 1. The molecule has 0 aliphatic rings. The molecular formula is C20H11N3O3S2. The van der Waals surface area contributed by atoms with E-state index in [0.29, 0.717) is 27.7 Å². The molecule has 0 aliphatic carbocycles. The molecule has 8 heteroatoms. The predicted octanol–water partition coefficient (Wildman–Crippen LogP) is 6.10. The van der Waals surface area contributed by atoms with Crippen molar-refractivity contribution >= 4 is 40.0 Å². The standard InChI is InChI=1S/C20H11N3O3S2/c21-11-14(20-22-17(12-28-20)19-5-2-8-27-19)10-16-6-7-18(26-16)13-3-1-4-15(9-13)23(24)25/h1-10,12H/b14-10+. The van der Waals surface area contributed by atoms with Gasteiger partial charge in [0.2, 0.25) is 0 Å². The van der Waals surface area contributed by atoms with Crippen molar-refractivity contribution < 1.29 is 9.34 Å². The zero-order valence-electron chi connectivity index (χ0n) is 14.2. The van der Waals surface area contributed by atoms with Crippen LogP contribution in [-0.4, -0.2) is 9.91 Å². The number of furan rings is 1. The van der Waals surface area contributed by atoms with Crippen molar-refractivity contribution in [2.24, 2.45) is 0 Å². The number of aromatic nitrogens is 1. The molecule has 0 radical (unpaired) electrons. The van der Waals surface area contributed by atoms with Gasteiger partial charge in [-0.25, -0.2) is 4.98 Å². The Kier molecular flexibility index (Phi) is 4.85. The van der Waals surface area contributed by atoms with Gasteiger partial charge in [0.05, 0.1) is 21.1 Å². The van der Waals surface area contributed by atoms with Crippen LogP contribution in [0.2, 0.25) is 0 Å². The minimum atomic E-state index is -0.450. The quantitative estimate of drug-likeness (QED) is 0.227. The van der Waals surface area contributed by atoms with Crippen molar-refractivity contribution in [3.05, 3.63) is 80.2 Å². The smallest absolute Gasteiger partial charge is 0.270 e.